The fraction of sp³-hybridized carbons (Fsp3) is 0.935. The number of rotatable bonds is 31. The number of hydrogen-bond acceptors (Lipinski definition) is 7. The second-order valence-corrected chi connectivity index (χ2v) is 10.4. The van der Waals surface area contributed by atoms with Crippen LogP contribution >= 0.6 is 0 Å². The van der Waals surface area contributed by atoms with Crippen molar-refractivity contribution in [3.8, 4) is 0 Å². The van der Waals surface area contributed by atoms with Crippen LogP contribution < -0.4 is 0 Å². The van der Waals surface area contributed by atoms with Gasteiger partial charge >= 0.3 is 11.9 Å². The van der Waals surface area contributed by atoms with Crippen molar-refractivity contribution in [3.05, 3.63) is 0 Å². The molecule has 39 heavy (non-hydrogen) atoms. The molecular weight excluding hydrogens is 502 g/mol. The van der Waals surface area contributed by atoms with Crippen LogP contribution in [0.15, 0.2) is 0 Å². The molecule has 0 saturated heterocycles. The molecule has 0 rings (SSSR count). The van der Waals surface area contributed by atoms with E-state index in [1.165, 1.54) is 64.2 Å². The van der Waals surface area contributed by atoms with E-state index in [-0.39, 0.29) is 38.6 Å². The molecule has 0 fully saturated rings. The van der Waals surface area contributed by atoms with E-state index in [9.17, 15) is 14.0 Å². The summed E-state index contributed by atoms with van der Waals surface area (Å²) in [5.41, 5.74) is 0. The Labute approximate surface area is 238 Å². The maximum atomic E-state index is 12.4. The van der Waals surface area contributed by atoms with Gasteiger partial charge in [-0.05, 0) is 19.3 Å². The molecule has 0 spiro atoms. The lowest BCUT2D eigenvalue weighted by Crippen LogP contribution is -2.30. The van der Waals surface area contributed by atoms with Crippen molar-refractivity contribution in [3.63, 3.8) is 0 Å². The van der Waals surface area contributed by atoms with Gasteiger partial charge < -0.3 is 23.7 Å². The molecule has 0 aromatic carbocycles. The van der Waals surface area contributed by atoms with Gasteiger partial charge in [0.2, 0.25) is 0 Å². The van der Waals surface area contributed by atoms with Crippen LogP contribution in [-0.2, 0) is 33.3 Å². The zero-order chi connectivity index (χ0) is 28.7. The lowest BCUT2D eigenvalue weighted by molar-refractivity contribution is -0.167. The Kier molecular flexibility index (Phi) is 30.3. The second kappa shape index (κ2) is 31.3. The average Bonchev–Trinajstić information content (AvgIpc) is 2.93. The molecular formula is C31H59FO7. The van der Waals surface area contributed by atoms with E-state index in [4.69, 9.17) is 23.7 Å². The van der Waals surface area contributed by atoms with E-state index in [2.05, 4.69) is 6.92 Å². The van der Waals surface area contributed by atoms with Crippen LogP contribution in [0.4, 0.5) is 4.39 Å². The van der Waals surface area contributed by atoms with Gasteiger partial charge in [0.1, 0.15) is 13.4 Å². The van der Waals surface area contributed by atoms with Gasteiger partial charge in [-0.25, -0.2) is 0 Å². The molecule has 232 valence electrons. The lowest BCUT2D eigenvalue weighted by atomic mass is 10.0. The van der Waals surface area contributed by atoms with E-state index < -0.39 is 6.10 Å². The molecule has 0 heterocycles. The van der Waals surface area contributed by atoms with Crippen LogP contribution in [0.5, 0.6) is 0 Å². The highest BCUT2D eigenvalue weighted by molar-refractivity contribution is 5.70. The van der Waals surface area contributed by atoms with Gasteiger partial charge in [0.05, 0.1) is 26.5 Å². The summed E-state index contributed by atoms with van der Waals surface area (Å²) in [5, 5.41) is 0. The molecule has 0 bridgehead atoms. The molecule has 8 heteroatoms. The van der Waals surface area contributed by atoms with Gasteiger partial charge in [-0.3, -0.25) is 14.0 Å². The molecule has 0 aliphatic rings. The summed E-state index contributed by atoms with van der Waals surface area (Å²) in [4.78, 5) is 24.5. The highest BCUT2D eigenvalue weighted by Gasteiger charge is 2.17. The molecule has 0 N–H and O–H groups in total. The van der Waals surface area contributed by atoms with Crippen LogP contribution in [0, 0.1) is 0 Å². The smallest absolute Gasteiger partial charge is 0.306 e. The number of halogens is 1. The second-order valence-electron chi connectivity index (χ2n) is 10.4. The number of ether oxygens (including phenoxy) is 5. The third-order valence-electron chi connectivity index (χ3n) is 6.63. The molecule has 0 aliphatic carbocycles. The van der Waals surface area contributed by atoms with Crippen molar-refractivity contribution in [2.45, 2.75) is 141 Å². The monoisotopic (exact) mass is 561 g/mol. The molecule has 0 aliphatic heterocycles. The predicted octanol–water partition coefficient (Wildman–Crippen LogP) is 7.87. The molecule has 1 unspecified atom stereocenters. The Balaban J connectivity index is 4.03. The van der Waals surface area contributed by atoms with Crippen molar-refractivity contribution in [1.29, 1.82) is 0 Å². The Morgan fingerprint density at radius 2 is 1.13 bits per heavy atom. The number of carbonyl (C=O) groups is 2. The third-order valence-corrected chi connectivity index (χ3v) is 6.63. The molecule has 0 saturated carbocycles. The SMILES string of the molecule is CCCCCCCCCCCCCCCC(=O)OC(COCOCCOC)COC(=O)CCCCCCC[18F]. The standard InChI is InChI=1S/C31H59FO7/c1-3-4-5-6-7-8-9-10-11-12-13-15-19-22-31(34)39-29(26-37-28-36-25-24-35-2)27-38-30(33)21-18-16-14-17-20-23-32/h29H,3-28H2,1-2H3/i32-1. The van der Waals surface area contributed by atoms with Crippen molar-refractivity contribution >= 4 is 11.9 Å². The fourth-order valence-electron chi connectivity index (χ4n) is 4.24. The molecule has 1 atom stereocenters. The van der Waals surface area contributed by atoms with Crippen LogP contribution in [0.2, 0.25) is 0 Å². The van der Waals surface area contributed by atoms with Crippen LogP contribution in [0.3, 0.4) is 0 Å². The van der Waals surface area contributed by atoms with Crippen LogP contribution in [0.1, 0.15) is 135 Å². The van der Waals surface area contributed by atoms with Gasteiger partial charge in [-0.15, -0.1) is 0 Å². The zero-order valence-electron chi connectivity index (χ0n) is 25.2. The Bertz CT molecular complexity index is 533. The summed E-state index contributed by atoms with van der Waals surface area (Å²) in [5.74, 6) is -0.620. The van der Waals surface area contributed by atoms with E-state index in [1.54, 1.807) is 7.11 Å². The number of alkyl halides is 1. The Morgan fingerprint density at radius 3 is 1.67 bits per heavy atom. The minimum absolute atomic E-state index is 0.0386. The van der Waals surface area contributed by atoms with Crippen molar-refractivity contribution in [1.82, 2.24) is 0 Å². The van der Waals surface area contributed by atoms with Crippen molar-refractivity contribution < 1.29 is 37.7 Å². The van der Waals surface area contributed by atoms with Gasteiger partial charge in [0.15, 0.2) is 6.10 Å². The first kappa shape index (κ1) is 37.8. The fourth-order valence-corrected chi connectivity index (χ4v) is 4.24. The minimum Gasteiger partial charge on any atom is -0.462 e. The summed E-state index contributed by atoms with van der Waals surface area (Å²) >= 11 is 0. The molecule has 0 radical (unpaired) electrons. The molecule has 0 aromatic heterocycles. The molecule has 7 nitrogen and oxygen atoms in total. The van der Waals surface area contributed by atoms with Gasteiger partial charge in [-0.1, -0.05) is 103 Å². The summed E-state index contributed by atoms with van der Waals surface area (Å²) in [6, 6.07) is 0. The summed E-state index contributed by atoms with van der Waals surface area (Å²) in [7, 11) is 1.59. The number of methoxy groups -OCH3 is 1. The first-order chi connectivity index (χ1) is 19.1. The first-order valence-electron chi connectivity index (χ1n) is 15.7. The van der Waals surface area contributed by atoms with Crippen LogP contribution in [0.25, 0.3) is 0 Å². The number of unbranched alkanes of at least 4 members (excludes halogenated alkanes) is 16. The highest BCUT2D eigenvalue weighted by atomic mass is 18.2. The van der Waals surface area contributed by atoms with Crippen LogP contribution in [-0.4, -0.2) is 65.0 Å². The summed E-state index contributed by atoms with van der Waals surface area (Å²) in [6.45, 7) is 2.93. The topological polar surface area (TPSA) is 80.3 Å². The van der Waals surface area contributed by atoms with E-state index in [0.29, 0.717) is 38.9 Å². The quantitative estimate of drug-likeness (QED) is 0.0484. The van der Waals surface area contributed by atoms with E-state index in [1.807, 2.05) is 0 Å². The molecule has 0 aromatic rings. The third kappa shape index (κ3) is 29.6. The maximum Gasteiger partial charge on any atom is 0.306 e. The normalized spacial score (nSPS) is 12.0. The summed E-state index contributed by atoms with van der Waals surface area (Å²) < 4.78 is 38.7. The number of hydrogen-bond donors (Lipinski definition) is 0. The number of esters is 2. The van der Waals surface area contributed by atoms with Crippen molar-refractivity contribution in [2.75, 3.05) is 47.0 Å². The average molecular weight is 562 g/mol. The van der Waals surface area contributed by atoms with Gasteiger partial charge in [-0.2, -0.15) is 0 Å². The van der Waals surface area contributed by atoms with Crippen molar-refractivity contribution in [2.24, 2.45) is 0 Å². The summed E-state index contributed by atoms with van der Waals surface area (Å²) in [6.07, 6.45) is 20.1. The minimum atomic E-state index is -0.668. The predicted molar refractivity (Wildman–Crippen MR) is 153 cm³/mol. The first-order valence-corrected chi connectivity index (χ1v) is 15.7. The van der Waals surface area contributed by atoms with E-state index in [0.717, 1.165) is 38.5 Å². The zero-order valence-corrected chi connectivity index (χ0v) is 25.2. The Hall–Kier alpha value is -1.25. The van der Waals surface area contributed by atoms with Gasteiger partial charge in [0, 0.05) is 20.0 Å². The largest absolute Gasteiger partial charge is 0.462 e. The Morgan fingerprint density at radius 1 is 0.615 bits per heavy atom. The number of carbonyl (C=O) groups excluding carboxylic acids is 2. The van der Waals surface area contributed by atoms with E-state index >= 15 is 0 Å². The van der Waals surface area contributed by atoms with Gasteiger partial charge in [0.25, 0.3) is 0 Å². The highest BCUT2D eigenvalue weighted by Crippen LogP contribution is 2.13. The molecule has 0 amide bonds. The maximum absolute atomic E-state index is 12.4. The lowest BCUT2D eigenvalue weighted by Gasteiger charge is -2.18.